The van der Waals surface area contributed by atoms with E-state index in [4.69, 9.17) is 4.74 Å². The molecular formula is C31H49N2OSi+. The molecule has 4 atom stereocenters. The molecule has 0 amide bonds. The van der Waals surface area contributed by atoms with Crippen molar-refractivity contribution in [3.8, 4) is 5.75 Å². The Bertz CT molecular complexity index is 1040. The number of ether oxygens (including phenoxy) is 1. The van der Waals surface area contributed by atoms with Gasteiger partial charge in [0.25, 0.3) is 0 Å². The lowest BCUT2D eigenvalue weighted by Crippen LogP contribution is -2.69. The monoisotopic (exact) mass is 493 g/mol. The number of quaternary nitrogens is 1. The van der Waals surface area contributed by atoms with Gasteiger partial charge >= 0.3 is 0 Å². The zero-order valence-corrected chi connectivity index (χ0v) is 24.8. The second-order valence-electron chi connectivity index (χ2n) is 13.9. The highest BCUT2D eigenvalue weighted by atomic mass is 28.3. The molecule has 0 heterocycles. The summed E-state index contributed by atoms with van der Waals surface area (Å²) in [5.41, 5.74) is 6.77. The van der Waals surface area contributed by atoms with E-state index < -0.39 is 8.24 Å². The predicted molar refractivity (Wildman–Crippen MR) is 151 cm³/mol. The molecule has 0 saturated heterocycles. The summed E-state index contributed by atoms with van der Waals surface area (Å²) < 4.78 is 9.65. The molecule has 0 radical (unpaired) electrons. The molecule has 0 aromatic heterocycles. The predicted octanol–water partition coefficient (Wildman–Crippen LogP) is 7.41. The zero-order chi connectivity index (χ0) is 25.3. The molecule has 192 valence electrons. The number of rotatable bonds is 5. The maximum atomic E-state index is 5.61. The Morgan fingerprint density at radius 2 is 1.71 bits per heavy atom. The molecule has 0 bridgehead atoms. The highest BCUT2D eigenvalue weighted by Gasteiger charge is 2.57. The lowest BCUT2D eigenvalue weighted by atomic mass is 9.76. The molecule has 4 aliphatic carbocycles. The van der Waals surface area contributed by atoms with Crippen LogP contribution >= 0.6 is 0 Å². The van der Waals surface area contributed by atoms with E-state index >= 15 is 0 Å². The van der Waals surface area contributed by atoms with E-state index in [9.17, 15) is 0 Å². The van der Waals surface area contributed by atoms with Crippen LogP contribution in [0, 0.1) is 17.8 Å². The van der Waals surface area contributed by atoms with Gasteiger partial charge < -0.3 is 4.74 Å². The van der Waals surface area contributed by atoms with Crippen molar-refractivity contribution in [3.63, 3.8) is 0 Å². The second kappa shape index (κ2) is 8.60. The van der Waals surface area contributed by atoms with Gasteiger partial charge in [-0.25, -0.2) is 0 Å². The highest BCUT2D eigenvalue weighted by Crippen LogP contribution is 2.61. The number of nitrogens with zero attached hydrogens (tertiary/aromatic N) is 2. The number of hydrogen-bond acceptors (Lipinski definition) is 2. The van der Waals surface area contributed by atoms with Gasteiger partial charge in [-0.2, -0.15) is 4.67 Å². The summed E-state index contributed by atoms with van der Waals surface area (Å²) in [7, 11) is 7.31. The summed E-state index contributed by atoms with van der Waals surface area (Å²) in [6.07, 6.45) is 13.8. The highest BCUT2D eigenvalue weighted by molar-refractivity contribution is 6.76. The van der Waals surface area contributed by atoms with Gasteiger partial charge in [0.05, 0.1) is 28.3 Å². The third-order valence-corrected chi connectivity index (χ3v) is 14.8. The van der Waals surface area contributed by atoms with Crippen LogP contribution in [0.15, 0.2) is 35.9 Å². The van der Waals surface area contributed by atoms with Crippen molar-refractivity contribution in [2.24, 2.45) is 17.8 Å². The molecule has 3 nitrogen and oxygen atoms in total. The van der Waals surface area contributed by atoms with Crippen LogP contribution in [0.2, 0.25) is 18.6 Å². The van der Waals surface area contributed by atoms with Gasteiger partial charge in [0.2, 0.25) is 0 Å². The maximum absolute atomic E-state index is 5.61. The van der Waals surface area contributed by atoms with Gasteiger partial charge in [0, 0.05) is 11.5 Å². The van der Waals surface area contributed by atoms with Crippen LogP contribution in [0.3, 0.4) is 0 Å². The van der Waals surface area contributed by atoms with Gasteiger partial charge in [-0.1, -0.05) is 71.3 Å². The first-order valence-corrected chi connectivity index (χ1v) is 17.1. The summed E-state index contributed by atoms with van der Waals surface area (Å²) in [5.74, 6) is 3.09. The molecule has 4 heteroatoms. The van der Waals surface area contributed by atoms with Gasteiger partial charge in [-0.3, -0.25) is 4.59 Å². The summed E-state index contributed by atoms with van der Waals surface area (Å²) in [6, 6.07) is 7.48. The molecule has 2 saturated carbocycles. The van der Waals surface area contributed by atoms with E-state index in [2.05, 4.69) is 90.0 Å². The maximum Gasteiger partial charge on any atom is 0.191 e. The van der Waals surface area contributed by atoms with Gasteiger partial charge in [-0.05, 0) is 77.0 Å². The van der Waals surface area contributed by atoms with E-state index in [1.54, 1.807) is 12.7 Å². The minimum Gasteiger partial charge on any atom is -0.497 e. The largest absolute Gasteiger partial charge is 0.497 e. The van der Waals surface area contributed by atoms with Gasteiger partial charge in [0.15, 0.2) is 8.24 Å². The van der Waals surface area contributed by atoms with Crippen LogP contribution < -0.4 is 4.74 Å². The van der Waals surface area contributed by atoms with Crippen molar-refractivity contribution in [2.45, 2.75) is 89.4 Å². The van der Waals surface area contributed by atoms with Crippen LogP contribution in [-0.4, -0.2) is 51.8 Å². The molecule has 0 aliphatic heterocycles. The average Bonchev–Trinajstić information content (AvgIpc) is 3.22. The third-order valence-electron chi connectivity index (χ3n) is 10.0. The average molecular weight is 494 g/mol. The van der Waals surface area contributed by atoms with E-state index in [-0.39, 0.29) is 5.41 Å². The van der Waals surface area contributed by atoms with Crippen molar-refractivity contribution in [1.82, 2.24) is 4.67 Å². The number of allylic oxidation sites excluding steroid dienone is 4. The molecule has 35 heavy (non-hydrogen) atoms. The van der Waals surface area contributed by atoms with E-state index in [1.165, 1.54) is 55.2 Å². The van der Waals surface area contributed by atoms with Crippen LogP contribution in [0.25, 0.3) is 5.57 Å². The van der Waals surface area contributed by atoms with Crippen LogP contribution in [-0.2, 0) is 5.41 Å². The number of methoxy groups -OCH3 is 1. The fourth-order valence-corrected chi connectivity index (χ4v) is 14.9. The van der Waals surface area contributed by atoms with Crippen LogP contribution in [0.5, 0.6) is 5.75 Å². The first-order chi connectivity index (χ1) is 16.4. The SMILES string of the molecule is COc1ccc2c(c1)C(C)(C)C1=CC3C(C=C12)CC(C)C3[Si](C)(C)N(C1CCCCC1)[N+](C)(C)C. The Morgan fingerprint density at radius 1 is 1.03 bits per heavy atom. The van der Waals surface area contributed by atoms with Crippen molar-refractivity contribution in [1.29, 1.82) is 0 Å². The van der Waals surface area contributed by atoms with E-state index in [0.29, 0.717) is 11.8 Å². The Kier molecular flexibility index (Phi) is 6.21. The second-order valence-corrected chi connectivity index (χ2v) is 18.3. The summed E-state index contributed by atoms with van der Waals surface area (Å²) in [6.45, 7) is 12.9. The van der Waals surface area contributed by atoms with Crippen LogP contribution in [0.1, 0.15) is 70.4 Å². The summed E-state index contributed by atoms with van der Waals surface area (Å²) in [5, 5.41) is 0. The zero-order valence-electron chi connectivity index (χ0n) is 23.8. The smallest absolute Gasteiger partial charge is 0.191 e. The molecule has 1 aromatic carbocycles. The molecule has 5 rings (SSSR count). The van der Waals surface area contributed by atoms with Crippen molar-refractivity contribution < 1.29 is 9.33 Å². The number of fused-ring (bicyclic) bond motifs is 4. The third kappa shape index (κ3) is 3.99. The van der Waals surface area contributed by atoms with Crippen LogP contribution in [0.4, 0.5) is 0 Å². The number of benzene rings is 1. The Morgan fingerprint density at radius 3 is 2.34 bits per heavy atom. The van der Waals surface area contributed by atoms with Gasteiger partial charge in [0.1, 0.15) is 5.75 Å². The Labute approximate surface area is 215 Å². The van der Waals surface area contributed by atoms with E-state index in [1.807, 2.05) is 0 Å². The quantitative estimate of drug-likeness (QED) is 0.240. The Balaban J connectivity index is 1.55. The molecule has 4 unspecified atom stereocenters. The first kappa shape index (κ1) is 25.3. The van der Waals surface area contributed by atoms with Gasteiger partial charge in [-0.15, -0.1) is 0 Å². The Hall–Kier alpha value is -1.36. The molecule has 0 spiro atoms. The fourth-order valence-electron chi connectivity index (χ4n) is 9.08. The molecule has 2 fully saturated rings. The molecule has 0 N–H and O–H groups in total. The summed E-state index contributed by atoms with van der Waals surface area (Å²) >= 11 is 0. The molecular weight excluding hydrogens is 444 g/mol. The molecule has 4 aliphatic rings. The van der Waals surface area contributed by atoms with Crippen molar-refractivity contribution in [2.75, 3.05) is 28.3 Å². The summed E-state index contributed by atoms with van der Waals surface area (Å²) in [4.78, 5) is 0. The lowest BCUT2D eigenvalue weighted by Gasteiger charge is -2.54. The van der Waals surface area contributed by atoms with Crippen molar-refractivity contribution >= 4 is 13.8 Å². The minimum atomic E-state index is -1.77. The molecule has 1 aromatic rings. The standard InChI is InChI=1S/C31H49N2OSi/c1-21-17-22-18-27-25-16-15-24(34-7)19-28(25)31(2,3)29(27)20-26(22)30(21)35(8,9)32(33(4,5)6)23-13-11-10-12-14-23/h15-16,18-23,26,30H,10-14,17H2,1-9H3/q+1. The van der Waals surface area contributed by atoms with Crippen molar-refractivity contribution in [3.05, 3.63) is 47.1 Å². The minimum absolute atomic E-state index is 0.0336. The normalized spacial score (nSPS) is 30.5. The lowest BCUT2D eigenvalue weighted by molar-refractivity contribution is -0.975. The first-order valence-electron chi connectivity index (χ1n) is 14.1. The topological polar surface area (TPSA) is 12.5 Å². The number of hydrogen-bond donors (Lipinski definition) is 0. The van der Waals surface area contributed by atoms with E-state index in [0.717, 1.165) is 27.8 Å². The fraction of sp³-hybridized carbons (Fsp3) is 0.677.